The lowest BCUT2D eigenvalue weighted by Crippen LogP contribution is -2.36. The number of benzene rings is 2. The van der Waals surface area contributed by atoms with Crippen molar-refractivity contribution in [2.75, 3.05) is 17.8 Å². The number of nitrogens with one attached hydrogen (secondary N) is 1. The highest BCUT2D eigenvalue weighted by Gasteiger charge is 2.31. The lowest BCUT2D eigenvalue weighted by atomic mass is 10.2. The molecule has 1 heterocycles. The third-order valence-corrected chi connectivity index (χ3v) is 6.00. The molecule has 1 atom stereocenters. The second-order valence-electron chi connectivity index (χ2n) is 8.52. The highest BCUT2D eigenvalue weighted by Crippen LogP contribution is 2.26. The Labute approximate surface area is 182 Å². The number of carbonyl (C=O) groups excluding carboxylic acids is 1. The summed E-state index contributed by atoms with van der Waals surface area (Å²) in [6.45, 7) is 7.97. The van der Waals surface area contributed by atoms with Gasteiger partial charge in [0.05, 0.1) is 17.1 Å². The highest BCUT2D eigenvalue weighted by atomic mass is 32.2. The normalized spacial score (nSPS) is 16.8. The van der Waals surface area contributed by atoms with Crippen LogP contribution >= 0.6 is 0 Å². The van der Waals surface area contributed by atoms with Gasteiger partial charge >= 0.3 is 6.09 Å². The summed E-state index contributed by atoms with van der Waals surface area (Å²) in [5, 5.41) is 0. The van der Waals surface area contributed by atoms with Crippen LogP contribution in [-0.2, 0) is 14.8 Å². The van der Waals surface area contributed by atoms with E-state index < -0.39 is 27.5 Å². The number of halogens is 1. The molecular formula is C22H27FN2O5S. The fraction of sp³-hybridized carbons (Fsp3) is 0.409. The van der Waals surface area contributed by atoms with Crippen molar-refractivity contribution in [3.8, 4) is 5.75 Å². The number of hydrogen-bond acceptors (Lipinski definition) is 5. The molecule has 0 aromatic heterocycles. The zero-order chi connectivity index (χ0) is 22.8. The SMILES string of the molecule is Cc1ccc(S(=O)(=O)Nc2ccc(OC3CCN(C(=O)OC(C)(C)C)C3)c(F)c2)cc1. The first kappa shape index (κ1) is 22.9. The molecular weight excluding hydrogens is 423 g/mol. The van der Waals surface area contributed by atoms with Crippen molar-refractivity contribution in [1.29, 1.82) is 0 Å². The molecule has 0 bridgehead atoms. The predicted octanol–water partition coefficient (Wildman–Crippen LogP) is 4.32. The second-order valence-corrected chi connectivity index (χ2v) is 10.2. The second kappa shape index (κ2) is 8.74. The number of amides is 1. The summed E-state index contributed by atoms with van der Waals surface area (Å²) in [6.07, 6.45) is -0.266. The van der Waals surface area contributed by atoms with Crippen molar-refractivity contribution in [3.05, 3.63) is 53.8 Å². The monoisotopic (exact) mass is 450 g/mol. The van der Waals surface area contributed by atoms with Gasteiger partial charge in [-0.2, -0.15) is 0 Å². The first-order valence-corrected chi connectivity index (χ1v) is 11.4. The van der Waals surface area contributed by atoms with Crippen molar-refractivity contribution in [3.63, 3.8) is 0 Å². The molecule has 1 unspecified atom stereocenters. The molecule has 2 aromatic rings. The molecule has 0 radical (unpaired) electrons. The van der Waals surface area contributed by atoms with Gasteiger partial charge in [-0.1, -0.05) is 17.7 Å². The molecule has 31 heavy (non-hydrogen) atoms. The number of nitrogens with zero attached hydrogens (tertiary/aromatic N) is 1. The first-order chi connectivity index (χ1) is 14.4. The minimum absolute atomic E-state index is 0.00526. The molecule has 1 saturated heterocycles. The van der Waals surface area contributed by atoms with E-state index in [0.29, 0.717) is 13.0 Å². The Bertz CT molecular complexity index is 1050. The molecule has 1 amide bonds. The maximum atomic E-state index is 14.5. The molecule has 1 fully saturated rings. The van der Waals surface area contributed by atoms with E-state index >= 15 is 0 Å². The lowest BCUT2D eigenvalue weighted by Gasteiger charge is -2.24. The molecule has 9 heteroatoms. The zero-order valence-corrected chi connectivity index (χ0v) is 18.8. The molecule has 0 aliphatic carbocycles. The smallest absolute Gasteiger partial charge is 0.410 e. The number of likely N-dealkylation sites (tertiary alicyclic amines) is 1. The van der Waals surface area contributed by atoms with Crippen molar-refractivity contribution < 1.29 is 27.1 Å². The van der Waals surface area contributed by atoms with Crippen molar-refractivity contribution in [2.24, 2.45) is 0 Å². The maximum absolute atomic E-state index is 14.5. The van der Waals surface area contributed by atoms with E-state index in [9.17, 15) is 17.6 Å². The first-order valence-electron chi connectivity index (χ1n) is 9.96. The highest BCUT2D eigenvalue weighted by molar-refractivity contribution is 7.92. The number of hydrogen-bond donors (Lipinski definition) is 1. The summed E-state index contributed by atoms with van der Waals surface area (Å²) >= 11 is 0. The topological polar surface area (TPSA) is 84.9 Å². The number of ether oxygens (including phenoxy) is 2. The summed E-state index contributed by atoms with van der Waals surface area (Å²) in [5.41, 5.74) is 0.431. The van der Waals surface area contributed by atoms with E-state index in [1.807, 2.05) is 6.92 Å². The van der Waals surface area contributed by atoms with Crippen molar-refractivity contribution in [2.45, 2.75) is 50.7 Å². The fourth-order valence-electron chi connectivity index (χ4n) is 3.09. The van der Waals surface area contributed by atoms with Gasteiger partial charge in [-0.3, -0.25) is 4.72 Å². The largest absolute Gasteiger partial charge is 0.485 e. The van der Waals surface area contributed by atoms with Crippen LogP contribution in [0.25, 0.3) is 0 Å². The predicted molar refractivity (Wildman–Crippen MR) is 115 cm³/mol. The van der Waals surface area contributed by atoms with Crippen LogP contribution in [0.2, 0.25) is 0 Å². The van der Waals surface area contributed by atoms with Crippen LogP contribution in [0.15, 0.2) is 47.4 Å². The molecule has 168 valence electrons. The quantitative estimate of drug-likeness (QED) is 0.733. The third-order valence-electron chi connectivity index (χ3n) is 4.61. The van der Waals surface area contributed by atoms with Gasteiger partial charge in [-0.05, 0) is 52.0 Å². The molecule has 3 rings (SSSR count). The average Bonchev–Trinajstić information content (AvgIpc) is 3.11. The Kier molecular flexibility index (Phi) is 6.45. The molecule has 2 aromatic carbocycles. The molecule has 0 spiro atoms. The standard InChI is InChI=1S/C22H27FN2O5S/c1-15-5-8-18(9-6-15)31(27,28)24-16-7-10-20(19(23)13-16)29-17-11-12-25(14-17)21(26)30-22(2,3)4/h5-10,13,17,24H,11-12,14H2,1-4H3. The molecule has 7 nitrogen and oxygen atoms in total. The van der Waals surface area contributed by atoms with Crippen LogP contribution in [0.3, 0.4) is 0 Å². The van der Waals surface area contributed by atoms with Crippen LogP contribution in [0, 0.1) is 12.7 Å². The number of aryl methyl sites for hydroxylation is 1. The Morgan fingerprint density at radius 3 is 2.45 bits per heavy atom. The van der Waals surface area contributed by atoms with Gasteiger partial charge in [0.1, 0.15) is 11.7 Å². The molecule has 1 aliphatic rings. The zero-order valence-electron chi connectivity index (χ0n) is 18.0. The van der Waals surface area contributed by atoms with E-state index in [1.165, 1.54) is 29.2 Å². The molecule has 0 saturated carbocycles. The Hall–Kier alpha value is -2.81. The maximum Gasteiger partial charge on any atom is 0.410 e. The number of carbonyl (C=O) groups is 1. The average molecular weight is 451 g/mol. The lowest BCUT2D eigenvalue weighted by molar-refractivity contribution is 0.0275. The van der Waals surface area contributed by atoms with Crippen molar-refractivity contribution in [1.82, 2.24) is 4.90 Å². The van der Waals surface area contributed by atoms with Gasteiger partial charge < -0.3 is 14.4 Å². The van der Waals surface area contributed by atoms with Gasteiger partial charge in [-0.15, -0.1) is 0 Å². The summed E-state index contributed by atoms with van der Waals surface area (Å²) in [4.78, 5) is 13.8. The Morgan fingerprint density at radius 2 is 1.84 bits per heavy atom. The summed E-state index contributed by atoms with van der Waals surface area (Å²) < 4.78 is 52.9. The van der Waals surface area contributed by atoms with E-state index in [4.69, 9.17) is 9.47 Å². The molecule has 1 N–H and O–H groups in total. The van der Waals surface area contributed by atoms with Gasteiger partial charge in [0.2, 0.25) is 0 Å². The van der Waals surface area contributed by atoms with Crippen LogP contribution in [0.1, 0.15) is 32.8 Å². The van der Waals surface area contributed by atoms with Gasteiger partial charge in [0, 0.05) is 19.0 Å². The summed E-state index contributed by atoms with van der Waals surface area (Å²) in [6, 6.07) is 10.2. The van der Waals surface area contributed by atoms with Gasteiger partial charge in [0.15, 0.2) is 11.6 Å². The Morgan fingerprint density at radius 1 is 1.16 bits per heavy atom. The third kappa shape index (κ3) is 6.10. The van der Waals surface area contributed by atoms with Gasteiger partial charge in [-0.25, -0.2) is 17.6 Å². The summed E-state index contributed by atoms with van der Waals surface area (Å²) in [5.74, 6) is -0.700. The number of sulfonamides is 1. The van der Waals surface area contributed by atoms with Crippen LogP contribution < -0.4 is 9.46 Å². The van der Waals surface area contributed by atoms with E-state index in [-0.39, 0.29) is 29.0 Å². The Balaban J connectivity index is 1.62. The van der Waals surface area contributed by atoms with Crippen LogP contribution in [-0.4, -0.2) is 44.2 Å². The van der Waals surface area contributed by atoms with Crippen LogP contribution in [0.5, 0.6) is 5.75 Å². The fourth-order valence-corrected chi connectivity index (χ4v) is 4.14. The van der Waals surface area contributed by atoms with E-state index in [1.54, 1.807) is 32.9 Å². The van der Waals surface area contributed by atoms with E-state index in [0.717, 1.165) is 11.6 Å². The minimum Gasteiger partial charge on any atom is -0.485 e. The van der Waals surface area contributed by atoms with Crippen LogP contribution in [0.4, 0.5) is 14.9 Å². The molecule has 1 aliphatic heterocycles. The van der Waals surface area contributed by atoms with E-state index in [2.05, 4.69) is 4.72 Å². The summed E-state index contributed by atoms with van der Waals surface area (Å²) in [7, 11) is -3.83. The van der Waals surface area contributed by atoms with Crippen molar-refractivity contribution >= 4 is 21.8 Å². The number of anilines is 1. The minimum atomic E-state index is -3.83. The number of rotatable bonds is 5. The van der Waals surface area contributed by atoms with Gasteiger partial charge in [0.25, 0.3) is 10.0 Å².